The lowest BCUT2D eigenvalue weighted by atomic mass is 9.91. The molecular weight excluding hydrogens is 855 g/mol. The lowest BCUT2D eigenvalue weighted by Crippen LogP contribution is -2.30. The Hall–Kier alpha value is -9.59. The molecule has 0 spiro atoms. The van der Waals surface area contributed by atoms with Gasteiger partial charge in [0.1, 0.15) is 23.9 Å². The fourth-order valence-electron chi connectivity index (χ4n) is 9.26. The van der Waals surface area contributed by atoms with Crippen molar-refractivity contribution in [2.24, 2.45) is 0 Å². The molecule has 5 heterocycles. The van der Waals surface area contributed by atoms with Crippen molar-refractivity contribution in [3.8, 4) is 112 Å². The van der Waals surface area contributed by atoms with E-state index in [0.29, 0.717) is 0 Å². The zero-order valence-corrected chi connectivity index (χ0v) is 38.0. The number of pyridine rings is 3. The summed E-state index contributed by atoms with van der Waals surface area (Å²) in [6.45, 7) is 0. The molecule has 0 saturated heterocycles. The third kappa shape index (κ3) is 8.40. The average Bonchev–Trinajstić information content (AvgIpc) is 4.16. The number of rotatable bonds is 11. The van der Waals surface area contributed by atoms with Crippen LogP contribution in [0.5, 0.6) is 0 Å². The molecule has 0 radical (unpaired) electrons. The molecule has 0 fully saturated rings. The van der Waals surface area contributed by atoms with Crippen LogP contribution in [0.2, 0.25) is 0 Å². The summed E-state index contributed by atoms with van der Waals surface area (Å²) in [7, 11) is 0. The Morgan fingerprint density at radius 2 is 0.871 bits per heavy atom. The lowest BCUT2D eigenvalue weighted by Gasteiger charge is -2.15. The van der Waals surface area contributed by atoms with Crippen molar-refractivity contribution in [3.05, 3.63) is 262 Å². The summed E-state index contributed by atoms with van der Waals surface area (Å²) in [5.41, 5.74) is 19.1. The third-order valence-corrected chi connectivity index (χ3v) is 12.8. The van der Waals surface area contributed by atoms with Gasteiger partial charge in [0, 0.05) is 58.9 Å². The minimum absolute atomic E-state index is 0.829. The van der Waals surface area contributed by atoms with E-state index in [1.165, 1.54) is 11.1 Å². The zero-order valence-electron chi connectivity index (χ0n) is 38.0. The molecular formula is C63H44N7+. The SMILES string of the molecule is c1ccc(-c2ccc(-c3ccnc(-c4ccc(-c5ccccc5-c5cc(-c6nccn6-c6ccc(-c7ccccn7)cc6)cc(-c6[nH]cc[n+]6-c6ccc(-c7ccccn7)cc6)c5)cc4)c3)cc2)cc1. The Morgan fingerprint density at radius 1 is 0.343 bits per heavy atom. The molecule has 1 N–H and O–H groups in total. The number of hydrogen-bond donors (Lipinski definition) is 1. The summed E-state index contributed by atoms with van der Waals surface area (Å²) < 4.78 is 4.35. The molecule has 0 unspecified atom stereocenters. The molecule has 7 nitrogen and oxygen atoms in total. The first-order chi connectivity index (χ1) is 34.7. The van der Waals surface area contributed by atoms with Gasteiger partial charge < -0.3 is 0 Å². The van der Waals surface area contributed by atoms with Crippen molar-refractivity contribution in [1.29, 1.82) is 0 Å². The van der Waals surface area contributed by atoms with E-state index in [4.69, 9.17) is 9.97 Å². The van der Waals surface area contributed by atoms with Crippen molar-refractivity contribution in [2.75, 3.05) is 0 Å². The Morgan fingerprint density at radius 3 is 1.56 bits per heavy atom. The second-order valence-electron chi connectivity index (χ2n) is 17.1. The van der Waals surface area contributed by atoms with E-state index in [9.17, 15) is 0 Å². The maximum absolute atomic E-state index is 5.00. The van der Waals surface area contributed by atoms with Gasteiger partial charge in [-0.15, -0.1) is 0 Å². The normalized spacial score (nSPS) is 11.1. The molecule has 70 heavy (non-hydrogen) atoms. The molecule has 330 valence electrons. The van der Waals surface area contributed by atoms with Crippen LogP contribution in [-0.2, 0) is 0 Å². The van der Waals surface area contributed by atoms with Crippen molar-refractivity contribution < 1.29 is 4.57 Å². The molecule has 0 amide bonds. The summed E-state index contributed by atoms with van der Waals surface area (Å²) in [4.78, 5) is 22.5. The van der Waals surface area contributed by atoms with Crippen LogP contribution < -0.4 is 4.57 Å². The highest BCUT2D eigenvalue weighted by molar-refractivity contribution is 5.88. The Kier molecular flexibility index (Phi) is 11.1. The van der Waals surface area contributed by atoms with Crippen LogP contribution in [0, 0.1) is 0 Å². The highest BCUT2D eigenvalue weighted by Gasteiger charge is 2.21. The largest absolute Gasteiger partial charge is 0.300 e. The van der Waals surface area contributed by atoms with E-state index in [1.54, 1.807) is 0 Å². The Labute approximate surface area is 406 Å². The lowest BCUT2D eigenvalue weighted by molar-refractivity contribution is -0.582. The first-order valence-electron chi connectivity index (χ1n) is 23.3. The molecule has 0 aliphatic rings. The first kappa shape index (κ1) is 41.8. The number of benzene rings is 7. The second-order valence-corrected chi connectivity index (χ2v) is 17.1. The van der Waals surface area contributed by atoms with Crippen molar-refractivity contribution in [2.45, 2.75) is 0 Å². The quantitative estimate of drug-likeness (QED) is 0.131. The summed E-state index contributed by atoms with van der Waals surface area (Å²) in [6, 6.07) is 76.6. The van der Waals surface area contributed by atoms with E-state index in [0.717, 1.165) is 101 Å². The minimum atomic E-state index is 0.829. The standard InChI is InChI=1S/C63H43N7/c1-2-10-44(11-3-1)45-16-18-46(19-17-45)51-32-35-66-61(43-51)50-22-20-47(21-23-50)57-12-4-5-13-58(57)52-40-53(62-67-36-38-69(62)55-28-24-48(25-29-55)59-14-6-8-33-64-59)42-54(41-52)63-68-37-39-70(63)56-30-26-49(27-31-56)60-15-7-9-34-65-60/h1-43H/p+1. The third-order valence-electron chi connectivity index (χ3n) is 12.8. The van der Waals surface area contributed by atoms with E-state index in [-0.39, 0.29) is 0 Å². The highest BCUT2D eigenvalue weighted by Crippen LogP contribution is 2.38. The van der Waals surface area contributed by atoms with Gasteiger partial charge in [-0.2, -0.15) is 4.57 Å². The number of imidazole rings is 2. The topological polar surface area (TPSA) is 76.2 Å². The van der Waals surface area contributed by atoms with Crippen LogP contribution >= 0.6 is 0 Å². The Bertz CT molecular complexity index is 3570. The van der Waals surface area contributed by atoms with Crippen LogP contribution in [0.1, 0.15) is 0 Å². The molecule has 12 rings (SSSR count). The molecule has 12 aromatic rings. The average molecular weight is 899 g/mol. The summed E-state index contributed by atoms with van der Waals surface area (Å²) in [5, 5.41) is 0. The van der Waals surface area contributed by atoms with Gasteiger partial charge >= 0.3 is 0 Å². The smallest absolute Gasteiger partial charge is 0.291 e. The molecule has 5 aromatic heterocycles. The number of nitrogens with zero attached hydrogens (tertiary/aromatic N) is 6. The van der Waals surface area contributed by atoms with Gasteiger partial charge in [0.2, 0.25) is 0 Å². The van der Waals surface area contributed by atoms with Gasteiger partial charge in [-0.05, 0) is 136 Å². The van der Waals surface area contributed by atoms with E-state index in [2.05, 4.69) is 206 Å². The van der Waals surface area contributed by atoms with Crippen LogP contribution in [0.4, 0.5) is 0 Å². The van der Waals surface area contributed by atoms with Gasteiger partial charge in [0.25, 0.3) is 5.82 Å². The van der Waals surface area contributed by atoms with Crippen LogP contribution in [0.25, 0.3) is 112 Å². The highest BCUT2D eigenvalue weighted by atomic mass is 15.1. The fraction of sp³-hybridized carbons (Fsp3) is 0. The van der Waals surface area contributed by atoms with Gasteiger partial charge in [-0.25, -0.2) is 9.97 Å². The molecule has 7 aromatic carbocycles. The molecule has 0 atom stereocenters. The number of nitrogens with one attached hydrogen (secondary N) is 1. The second kappa shape index (κ2) is 18.6. The number of H-pyrrole nitrogens is 1. The maximum Gasteiger partial charge on any atom is 0.291 e. The summed E-state index contributed by atoms with van der Waals surface area (Å²) in [6.07, 6.45) is 13.5. The van der Waals surface area contributed by atoms with E-state index < -0.39 is 0 Å². The monoisotopic (exact) mass is 898 g/mol. The molecule has 0 bridgehead atoms. The van der Waals surface area contributed by atoms with Gasteiger partial charge in [0.05, 0.1) is 22.6 Å². The van der Waals surface area contributed by atoms with Gasteiger partial charge in [0.15, 0.2) is 0 Å². The van der Waals surface area contributed by atoms with Crippen LogP contribution in [-0.4, -0.2) is 29.5 Å². The predicted octanol–water partition coefficient (Wildman–Crippen LogP) is 14.7. The Balaban J connectivity index is 0.913. The minimum Gasteiger partial charge on any atom is -0.300 e. The number of aromatic nitrogens is 7. The predicted molar refractivity (Wildman–Crippen MR) is 282 cm³/mol. The first-order valence-corrected chi connectivity index (χ1v) is 23.3. The molecule has 0 saturated carbocycles. The van der Waals surface area contributed by atoms with Crippen LogP contribution in [0.3, 0.4) is 0 Å². The van der Waals surface area contributed by atoms with Crippen molar-refractivity contribution >= 4 is 0 Å². The van der Waals surface area contributed by atoms with Crippen molar-refractivity contribution in [3.63, 3.8) is 0 Å². The summed E-state index contributed by atoms with van der Waals surface area (Å²) >= 11 is 0. The molecule has 0 aliphatic heterocycles. The fourth-order valence-corrected chi connectivity index (χ4v) is 9.26. The molecule has 0 aliphatic carbocycles. The van der Waals surface area contributed by atoms with E-state index >= 15 is 0 Å². The number of hydrogen-bond acceptors (Lipinski definition) is 4. The maximum atomic E-state index is 5.00. The van der Waals surface area contributed by atoms with Gasteiger partial charge in [-0.1, -0.05) is 127 Å². The zero-order chi connectivity index (χ0) is 46.6. The van der Waals surface area contributed by atoms with Gasteiger partial charge in [-0.3, -0.25) is 19.5 Å². The summed E-state index contributed by atoms with van der Waals surface area (Å²) in [5.74, 6) is 1.77. The molecule has 7 heteroatoms. The van der Waals surface area contributed by atoms with Crippen molar-refractivity contribution in [1.82, 2.24) is 29.5 Å². The van der Waals surface area contributed by atoms with Crippen LogP contribution in [0.15, 0.2) is 262 Å². The van der Waals surface area contributed by atoms with E-state index in [1.807, 2.05) is 79.6 Å². The number of aromatic amines is 1.